The van der Waals surface area contributed by atoms with E-state index in [4.69, 9.17) is 4.74 Å². The van der Waals surface area contributed by atoms with Gasteiger partial charge in [-0.2, -0.15) is 0 Å². The third-order valence-corrected chi connectivity index (χ3v) is 4.94. The highest BCUT2D eigenvalue weighted by atomic mass is 16.5. The zero-order valence-corrected chi connectivity index (χ0v) is 14.5. The number of imide groups is 1. The number of hydrogen-bond donors (Lipinski definition) is 0. The van der Waals surface area contributed by atoms with E-state index >= 15 is 0 Å². The smallest absolute Gasteiger partial charge is 0.308 e. The van der Waals surface area contributed by atoms with Crippen LogP contribution in [-0.4, -0.2) is 40.7 Å². The van der Waals surface area contributed by atoms with E-state index in [-0.39, 0.29) is 36.1 Å². The molecule has 1 heterocycles. The molecule has 2 aliphatic carbocycles. The maximum absolute atomic E-state index is 12.9. The molecule has 1 aromatic rings. The number of nitrogens with zero attached hydrogens (tertiary/aromatic N) is 2. The van der Waals surface area contributed by atoms with Crippen molar-refractivity contribution in [2.45, 2.75) is 51.1 Å². The third-order valence-electron chi connectivity index (χ3n) is 4.94. The van der Waals surface area contributed by atoms with Gasteiger partial charge in [-0.25, -0.2) is 4.90 Å². The number of rotatable bonds is 5. The van der Waals surface area contributed by atoms with Crippen molar-refractivity contribution < 1.29 is 23.9 Å². The van der Waals surface area contributed by atoms with Gasteiger partial charge in [0.25, 0.3) is 5.91 Å². The molecule has 4 rings (SSSR count). The largest absolute Gasteiger partial charge is 0.427 e. The Morgan fingerprint density at radius 2 is 1.73 bits per heavy atom. The fourth-order valence-corrected chi connectivity index (χ4v) is 3.42. The first-order valence-electron chi connectivity index (χ1n) is 8.93. The molecule has 3 fully saturated rings. The van der Waals surface area contributed by atoms with Crippen molar-refractivity contribution in [3.8, 4) is 5.75 Å². The maximum Gasteiger partial charge on any atom is 0.308 e. The second-order valence-corrected chi connectivity index (χ2v) is 7.13. The monoisotopic (exact) mass is 356 g/mol. The lowest BCUT2D eigenvalue weighted by atomic mass is 10.1. The number of amides is 3. The van der Waals surface area contributed by atoms with E-state index in [1.807, 2.05) is 0 Å². The second-order valence-electron chi connectivity index (χ2n) is 7.13. The number of ether oxygens (including phenoxy) is 1. The number of benzene rings is 1. The average molecular weight is 356 g/mol. The minimum atomic E-state index is -0.698. The Balaban J connectivity index is 1.54. The van der Waals surface area contributed by atoms with Gasteiger partial charge in [-0.3, -0.25) is 19.2 Å². The average Bonchev–Trinajstić information content (AvgIpc) is 3.48. The Hall–Kier alpha value is -2.70. The van der Waals surface area contributed by atoms with Gasteiger partial charge in [-0.15, -0.1) is 0 Å². The summed E-state index contributed by atoms with van der Waals surface area (Å²) in [4.78, 5) is 51.8. The molecule has 1 aliphatic heterocycles. The van der Waals surface area contributed by atoms with Gasteiger partial charge in [0.05, 0.1) is 12.1 Å². The molecule has 0 radical (unpaired) electrons. The van der Waals surface area contributed by atoms with E-state index in [1.165, 1.54) is 6.92 Å². The highest BCUT2D eigenvalue weighted by molar-refractivity contribution is 6.23. The standard InChI is InChI=1S/C19H20N2O5/c1-11(22)26-15-8-6-14(7-9-15)21-17(23)10-16(19(21)25)20(13-4-5-13)18(24)12-2-3-12/h6-9,12-13,16H,2-5,10H2,1H3. The Morgan fingerprint density at radius 1 is 1.08 bits per heavy atom. The van der Waals surface area contributed by atoms with Crippen molar-refractivity contribution in [2.75, 3.05) is 4.90 Å². The van der Waals surface area contributed by atoms with Crippen molar-refractivity contribution >= 4 is 29.4 Å². The lowest BCUT2D eigenvalue weighted by Crippen LogP contribution is -2.47. The summed E-state index contributed by atoms with van der Waals surface area (Å²) in [5, 5.41) is 0. The van der Waals surface area contributed by atoms with Crippen LogP contribution in [0.15, 0.2) is 24.3 Å². The first-order chi connectivity index (χ1) is 12.5. The summed E-state index contributed by atoms with van der Waals surface area (Å²) in [5.74, 6) is -0.711. The third kappa shape index (κ3) is 3.09. The molecule has 1 aromatic carbocycles. The van der Waals surface area contributed by atoms with Crippen molar-refractivity contribution in [3.63, 3.8) is 0 Å². The number of anilines is 1. The van der Waals surface area contributed by atoms with E-state index in [0.717, 1.165) is 30.6 Å². The van der Waals surface area contributed by atoms with Crippen molar-refractivity contribution in [3.05, 3.63) is 24.3 Å². The van der Waals surface area contributed by atoms with Crippen LogP contribution in [-0.2, 0) is 19.2 Å². The van der Waals surface area contributed by atoms with Gasteiger partial charge >= 0.3 is 5.97 Å². The van der Waals surface area contributed by atoms with Crippen LogP contribution in [0.25, 0.3) is 0 Å². The molecule has 0 spiro atoms. The van der Waals surface area contributed by atoms with Gasteiger partial charge < -0.3 is 9.64 Å². The van der Waals surface area contributed by atoms with Gasteiger partial charge in [0.2, 0.25) is 11.8 Å². The molecule has 1 atom stereocenters. The molecular weight excluding hydrogens is 336 g/mol. The Bertz CT molecular complexity index is 780. The first kappa shape index (κ1) is 16.8. The summed E-state index contributed by atoms with van der Waals surface area (Å²) in [6, 6.07) is 5.62. The molecule has 1 saturated heterocycles. The van der Waals surface area contributed by atoms with Crippen LogP contribution in [0.1, 0.15) is 39.0 Å². The zero-order chi connectivity index (χ0) is 18.4. The highest BCUT2D eigenvalue weighted by Gasteiger charge is 2.51. The fourth-order valence-electron chi connectivity index (χ4n) is 3.42. The molecule has 0 N–H and O–H groups in total. The predicted molar refractivity (Wildman–Crippen MR) is 91.2 cm³/mol. The molecule has 0 aromatic heterocycles. The van der Waals surface area contributed by atoms with Crippen LogP contribution in [0.5, 0.6) is 5.75 Å². The molecule has 3 aliphatic rings. The van der Waals surface area contributed by atoms with Gasteiger partial charge in [0.15, 0.2) is 0 Å². The fraction of sp³-hybridized carbons (Fsp3) is 0.474. The summed E-state index contributed by atoms with van der Waals surface area (Å²) in [6.07, 6.45) is 3.57. The molecule has 3 amide bonds. The van der Waals surface area contributed by atoms with E-state index in [0.29, 0.717) is 11.4 Å². The predicted octanol–water partition coefficient (Wildman–Crippen LogP) is 1.64. The van der Waals surface area contributed by atoms with Crippen molar-refractivity contribution in [1.82, 2.24) is 4.90 Å². The van der Waals surface area contributed by atoms with Gasteiger partial charge in [-0.1, -0.05) is 0 Å². The molecule has 0 bridgehead atoms. The lowest BCUT2D eigenvalue weighted by molar-refractivity contribution is -0.140. The molecule has 2 saturated carbocycles. The molecule has 26 heavy (non-hydrogen) atoms. The zero-order valence-electron chi connectivity index (χ0n) is 14.5. The summed E-state index contributed by atoms with van der Waals surface area (Å²) < 4.78 is 4.97. The lowest BCUT2D eigenvalue weighted by Gasteiger charge is -2.27. The van der Waals surface area contributed by atoms with Crippen molar-refractivity contribution in [1.29, 1.82) is 0 Å². The van der Waals surface area contributed by atoms with Gasteiger partial charge in [-0.05, 0) is 49.9 Å². The van der Waals surface area contributed by atoms with Crippen LogP contribution in [0.2, 0.25) is 0 Å². The SMILES string of the molecule is CC(=O)Oc1ccc(N2C(=O)CC(N(C(=O)C3CC3)C3CC3)C2=O)cc1. The molecule has 7 nitrogen and oxygen atoms in total. The summed E-state index contributed by atoms with van der Waals surface area (Å²) >= 11 is 0. The van der Waals surface area contributed by atoms with Crippen LogP contribution < -0.4 is 9.64 Å². The number of carbonyl (C=O) groups is 4. The number of hydrogen-bond acceptors (Lipinski definition) is 5. The van der Waals surface area contributed by atoms with Gasteiger partial charge in [0.1, 0.15) is 11.8 Å². The summed E-state index contributed by atoms with van der Waals surface area (Å²) in [6.45, 7) is 1.30. The maximum atomic E-state index is 12.9. The molecular formula is C19H20N2O5. The minimum absolute atomic E-state index is 0.0192. The quantitative estimate of drug-likeness (QED) is 0.455. The van der Waals surface area contributed by atoms with Crippen LogP contribution >= 0.6 is 0 Å². The molecule has 7 heteroatoms. The highest BCUT2D eigenvalue weighted by Crippen LogP contribution is 2.39. The minimum Gasteiger partial charge on any atom is -0.427 e. The molecule has 136 valence electrons. The van der Waals surface area contributed by atoms with Crippen LogP contribution in [0.3, 0.4) is 0 Å². The van der Waals surface area contributed by atoms with Gasteiger partial charge in [0, 0.05) is 18.9 Å². The topological polar surface area (TPSA) is 84.0 Å². The van der Waals surface area contributed by atoms with Crippen LogP contribution in [0.4, 0.5) is 5.69 Å². The Morgan fingerprint density at radius 3 is 2.27 bits per heavy atom. The normalized spacial score (nSPS) is 22.5. The first-order valence-corrected chi connectivity index (χ1v) is 8.93. The van der Waals surface area contributed by atoms with Crippen LogP contribution in [0, 0.1) is 5.92 Å². The number of carbonyl (C=O) groups excluding carboxylic acids is 4. The number of esters is 1. The van der Waals surface area contributed by atoms with E-state index in [1.54, 1.807) is 29.2 Å². The van der Waals surface area contributed by atoms with E-state index in [2.05, 4.69) is 0 Å². The van der Waals surface area contributed by atoms with E-state index < -0.39 is 12.0 Å². The Kier molecular flexibility index (Phi) is 4.01. The van der Waals surface area contributed by atoms with Crippen molar-refractivity contribution in [2.24, 2.45) is 5.92 Å². The second kappa shape index (κ2) is 6.23. The summed E-state index contributed by atoms with van der Waals surface area (Å²) in [7, 11) is 0. The Labute approximate surface area is 150 Å². The summed E-state index contributed by atoms with van der Waals surface area (Å²) in [5.41, 5.74) is 0.424. The molecule has 1 unspecified atom stereocenters. The van der Waals surface area contributed by atoms with E-state index in [9.17, 15) is 19.2 Å².